The molecule has 9 nitrogen and oxygen atoms in total. The first-order chi connectivity index (χ1) is 16.2. The average Bonchev–Trinajstić information content (AvgIpc) is 3.08. The Morgan fingerprint density at radius 2 is 1.85 bits per heavy atom. The highest BCUT2D eigenvalue weighted by Gasteiger charge is 2.36. The number of hydrogen-bond acceptors (Lipinski definition) is 8. The molecule has 0 bridgehead atoms. The molecular weight excluding hydrogens is 460 g/mol. The van der Waals surface area contributed by atoms with E-state index in [-0.39, 0.29) is 22.3 Å². The van der Waals surface area contributed by atoms with Gasteiger partial charge in [-0.2, -0.15) is 0 Å². The third kappa shape index (κ3) is 5.82. The molecule has 0 aromatic heterocycles. The predicted octanol–water partition coefficient (Wildman–Crippen LogP) is 5.09. The van der Waals surface area contributed by atoms with Gasteiger partial charge in [0.2, 0.25) is 0 Å². The molecule has 2 amide bonds. The number of hydrogen-bond donors (Lipinski definition) is 0. The second-order valence-electron chi connectivity index (χ2n) is 7.47. The Bertz CT molecular complexity index is 1140. The zero-order valence-corrected chi connectivity index (χ0v) is 19.8. The van der Waals surface area contributed by atoms with E-state index < -0.39 is 28.4 Å². The molecule has 0 aliphatic carbocycles. The SMILES string of the molecule is CCOc1cc(/C=C2/SC(=O)N(CC(=O)c3ccc([N+](=O)[O-])cc3)C2=O)ccc1O[C@H](C)CC. The number of ketones is 1. The number of thioether (sulfide) groups is 1. The van der Waals surface area contributed by atoms with Crippen LogP contribution in [0.5, 0.6) is 11.5 Å². The fraction of sp³-hybridized carbons (Fsp3) is 0.292. The normalized spacial score (nSPS) is 15.5. The van der Waals surface area contributed by atoms with Crippen molar-refractivity contribution in [1.82, 2.24) is 4.90 Å². The third-order valence-electron chi connectivity index (χ3n) is 5.04. The lowest BCUT2D eigenvalue weighted by atomic mass is 10.1. The zero-order valence-electron chi connectivity index (χ0n) is 19.0. The predicted molar refractivity (Wildman–Crippen MR) is 128 cm³/mol. The van der Waals surface area contributed by atoms with Crippen LogP contribution in [0.15, 0.2) is 47.4 Å². The van der Waals surface area contributed by atoms with Crippen LogP contribution < -0.4 is 9.47 Å². The van der Waals surface area contributed by atoms with Crippen LogP contribution in [0.1, 0.15) is 43.1 Å². The summed E-state index contributed by atoms with van der Waals surface area (Å²) in [5, 5.41) is 10.2. The van der Waals surface area contributed by atoms with E-state index >= 15 is 0 Å². The van der Waals surface area contributed by atoms with Crippen LogP contribution in [0.3, 0.4) is 0 Å². The molecule has 10 heteroatoms. The van der Waals surface area contributed by atoms with Crippen molar-refractivity contribution in [3.8, 4) is 11.5 Å². The van der Waals surface area contributed by atoms with Gasteiger partial charge < -0.3 is 9.47 Å². The number of nitro benzene ring substituents is 1. The summed E-state index contributed by atoms with van der Waals surface area (Å²) >= 11 is 0.743. The molecule has 2 aromatic carbocycles. The molecule has 0 radical (unpaired) electrons. The number of amides is 2. The minimum absolute atomic E-state index is 0.00912. The van der Waals surface area contributed by atoms with Crippen LogP contribution in [0.25, 0.3) is 6.08 Å². The van der Waals surface area contributed by atoms with E-state index in [0.717, 1.165) is 23.1 Å². The van der Waals surface area contributed by atoms with Crippen LogP contribution in [0.4, 0.5) is 10.5 Å². The minimum Gasteiger partial charge on any atom is -0.490 e. The van der Waals surface area contributed by atoms with Crippen molar-refractivity contribution in [2.75, 3.05) is 13.2 Å². The first-order valence-electron chi connectivity index (χ1n) is 10.7. The van der Waals surface area contributed by atoms with Crippen molar-refractivity contribution < 1.29 is 28.8 Å². The number of imide groups is 1. The lowest BCUT2D eigenvalue weighted by Gasteiger charge is -2.16. The van der Waals surface area contributed by atoms with Crippen LogP contribution in [0, 0.1) is 10.1 Å². The van der Waals surface area contributed by atoms with Gasteiger partial charge in [-0.05, 0) is 67.9 Å². The lowest BCUT2D eigenvalue weighted by Crippen LogP contribution is -2.33. The molecule has 1 atom stereocenters. The Kier molecular flexibility index (Phi) is 8.06. The monoisotopic (exact) mass is 484 g/mol. The van der Waals surface area contributed by atoms with E-state index in [0.29, 0.717) is 23.7 Å². The standard InChI is InChI=1S/C24H24N2O7S/c1-4-15(3)33-20-11-6-16(12-21(20)32-5-2)13-22-23(28)25(24(29)34-22)14-19(27)17-7-9-18(10-8-17)26(30)31/h6-13,15H,4-5,14H2,1-3H3/b22-13+/t15-/m1/s1. The van der Waals surface area contributed by atoms with Crippen LogP contribution >= 0.6 is 11.8 Å². The summed E-state index contributed by atoms with van der Waals surface area (Å²) in [7, 11) is 0. The molecule has 1 aliphatic rings. The van der Waals surface area contributed by atoms with E-state index in [2.05, 4.69) is 0 Å². The number of nitro groups is 1. The Labute approximate surface area is 200 Å². The summed E-state index contributed by atoms with van der Waals surface area (Å²) in [5.74, 6) is 0.0473. The molecule has 178 valence electrons. The molecule has 0 N–H and O–H groups in total. The Balaban J connectivity index is 1.76. The van der Waals surface area contributed by atoms with Crippen molar-refractivity contribution >= 4 is 40.5 Å². The van der Waals surface area contributed by atoms with Crippen molar-refractivity contribution in [1.29, 1.82) is 0 Å². The second kappa shape index (κ2) is 11.0. The fourth-order valence-electron chi connectivity index (χ4n) is 3.07. The topological polar surface area (TPSA) is 116 Å². The van der Waals surface area contributed by atoms with E-state index in [4.69, 9.17) is 9.47 Å². The maximum atomic E-state index is 12.8. The number of rotatable bonds is 10. The van der Waals surface area contributed by atoms with Crippen molar-refractivity contribution in [3.05, 3.63) is 68.6 Å². The largest absolute Gasteiger partial charge is 0.490 e. The third-order valence-corrected chi connectivity index (χ3v) is 5.95. The summed E-state index contributed by atoms with van der Waals surface area (Å²) in [5.41, 5.74) is 0.664. The van der Waals surface area contributed by atoms with Gasteiger partial charge in [-0.15, -0.1) is 0 Å². The first-order valence-corrected chi connectivity index (χ1v) is 11.5. The number of benzene rings is 2. The summed E-state index contributed by atoms with van der Waals surface area (Å²) < 4.78 is 11.5. The summed E-state index contributed by atoms with van der Waals surface area (Å²) in [4.78, 5) is 49.0. The average molecular weight is 485 g/mol. The number of carbonyl (C=O) groups is 3. The molecule has 0 unspecified atom stereocenters. The molecule has 0 saturated carbocycles. The van der Waals surface area contributed by atoms with E-state index in [1.54, 1.807) is 24.3 Å². The molecule has 2 aromatic rings. The maximum Gasteiger partial charge on any atom is 0.293 e. The van der Waals surface area contributed by atoms with Gasteiger partial charge in [-0.3, -0.25) is 29.4 Å². The Hall–Kier alpha value is -3.66. The number of ether oxygens (including phenoxy) is 2. The highest BCUT2D eigenvalue weighted by Crippen LogP contribution is 2.35. The summed E-state index contributed by atoms with van der Waals surface area (Å²) in [6.45, 7) is 5.81. The molecule has 1 saturated heterocycles. The molecule has 1 heterocycles. The van der Waals surface area contributed by atoms with Crippen molar-refractivity contribution in [3.63, 3.8) is 0 Å². The Morgan fingerprint density at radius 1 is 1.15 bits per heavy atom. The zero-order chi connectivity index (χ0) is 24.8. The highest BCUT2D eigenvalue weighted by molar-refractivity contribution is 8.18. The van der Waals surface area contributed by atoms with Crippen molar-refractivity contribution in [2.24, 2.45) is 0 Å². The smallest absolute Gasteiger partial charge is 0.293 e. The number of non-ortho nitro benzene ring substituents is 1. The second-order valence-corrected chi connectivity index (χ2v) is 8.46. The van der Waals surface area contributed by atoms with Gasteiger partial charge in [-0.25, -0.2) is 0 Å². The number of nitrogens with zero attached hydrogens (tertiary/aromatic N) is 2. The van der Waals surface area contributed by atoms with Crippen LogP contribution in [0.2, 0.25) is 0 Å². The lowest BCUT2D eigenvalue weighted by molar-refractivity contribution is -0.384. The van der Waals surface area contributed by atoms with E-state index in [9.17, 15) is 24.5 Å². The van der Waals surface area contributed by atoms with Crippen LogP contribution in [-0.4, -0.2) is 46.0 Å². The number of Topliss-reactive ketones (excluding diaryl/α,β-unsaturated/α-hetero) is 1. The van der Waals surface area contributed by atoms with Gasteiger partial charge in [-0.1, -0.05) is 13.0 Å². The highest BCUT2D eigenvalue weighted by atomic mass is 32.2. The Morgan fingerprint density at radius 3 is 2.47 bits per heavy atom. The van der Waals surface area contributed by atoms with E-state index in [1.165, 1.54) is 24.3 Å². The first kappa shape index (κ1) is 25.0. The molecule has 1 aliphatic heterocycles. The van der Waals surface area contributed by atoms with Gasteiger partial charge in [0.25, 0.3) is 16.8 Å². The minimum atomic E-state index is -0.580. The van der Waals surface area contributed by atoms with Gasteiger partial charge in [0.15, 0.2) is 17.3 Å². The number of carbonyl (C=O) groups excluding carboxylic acids is 3. The van der Waals surface area contributed by atoms with Gasteiger partial charge in [0.05, 0.1) is 29.1 Å². The summed E-state index contributed by atoms with van der Waals surface area (Å²) in [6.07, 6.45) is 2.41. The van der Waals surface area contributed by atoms with Crippen molar-refractivity contribution in [2.45, 2.75) is 33.3 Å². The van der Waals surface area contributed by atoms with Gasteiger partial charge in [0.1, 0.15) is 0 Å². The molecule has 1 fully saturated rings. The van der Waals surface area contributed by atoms with Gasteiger partial charge >= 0.3 is 0 Å². The summed E-state index contributed by atoms with van der Waals surface area (Å²) in [6, 6.07) is 10.2. The molecular formula is C24H24N2O7S. The molecule has 3 rings (SSSR count). The quantitative estimate of drug-likeness (QED) is 0.198. The maximum absolute atomic E-state index is 12.8. The molecule has 0 spiro atoms. The van der Waals surface area contributed by atoms with Gasteiger partial charge in [0, 0.05) is 17.7 Å². The van der Waals surface area contributed by atoms with E-state index in [1.807, 2.05) is 20.8 Å². The molecule has 34 heavy (non-hydrogen) atoms. The fourth-order valence-corrected chi connectivity index (χ4v) is 3.91. The van der Waals surface area contributed by atoms with Crippen LogP contribution in [-0.2, 0) is 4.79 Å².